The van der Waals surface area contributed by atoms with Crippen molar-refractivity contribution in [3.05, 3.63) is 42.2 Å². The molecule has 2 saturated heterocycles. The van der Waals surface area contributed by atoms with E-state index in [1.165, 1.54) is 0 Å². The van der Waals surface area contributed by atoms with E-state index in [1.807, 2.05) is 42.0 Å². The first-order valence-electron chi connectivity index (χ1n) is 11.5. The van der Waals surface area contributed by atoms with Crippen LogP contribution < -0.4 is 20.1 Å². The standard InChI is InChI=1S/C23H27N7O3/c1-2-33-17-4-5-19-18-15-29(25-21(18)26-30(19)14-17)16-3-6-20(24-13-16)27-10-7-23(8-11-27)9-12-28(23)22(31)32/h3-6,13-14H,2,7-12,15H2,1H3,(H,25,26)(H,31,32). The van der Waals surface area contributed by atoms with Gasteiger partial charge in [0.25, 0.3) is 0 Å². The Morgan fingerprint density at radius 2 is 2.00 bits per heavy atom. The lowest BCUT2D eigenvalue weighted by Gasteiger charge is -2.55. The van der Waals surface area contributed by atoms with Crippen molar-refractivity contribution in [3.63, 3.8) is 0 Å². The normalized spacial score (nSPS) is 18.9. The summed E-state index contributed by atoms with van der Waals surface area (Å²) in [4.78, 5) is 20.0. The van der Waals surface area contributed by atoms with Crippen molar-refractivity contribution in [1.82, 2.24) is 19.5 Å². The number of carboxylic acid groups (broad SMARTS) is 1. The van der Waals surface area contributed by atoms with Crippen LogP contribution in [-0.2, 0) is 6.54 Å². The minimum atomic E-state index is -0.793. The number of piperidine rings is 1. The lowest BCUT2D eigenvalue weighted by atomic mass is 9.77. The molecule has 0 aromatic carbocycles. The van der Waals surface area contributed by atoms with Crippen LogP contribution in [0.3, 0.4) is 0 Å². The van der Waals surface area contributed by atoms with E-state index in [4.69, 9.17) is 9.72 Å². The number of likely N-dealkylation sites (tertiary alicyclic amines) is 1. The van der Waals surface area contributed by atoms with E-state index >= 15 is 0 Å². The van der Waals surface area contributed by atoms with E-state index in [1.54, 1.807) is 4.90 Å². The molecule has 3 aromatic heterocycles. The molecule has 0 bridgehead atoms. The Kier molecular flexibility index (Phi) is 4.49. The summed E-state index contributed by atoms with van der Waals surface area (Å²) < 4.78 is 7.43. The predicted octanol–water partition coefficient (Wildman–Crippen LogP) is 3.20. The number of ether oxygens (including phenoxy) is 1. The maximum Gasteiger partial charge on any atom is 0.407 e. The maximum atomic E-state index is 11.4. The third kappa shape index (κ3) is 3.20. The number of rotatable bonds is 4. The minimum Gasteiger partial charge on any atom is -0.492 e. The molecule has 1 amide bonds. The molecule has 0 unspecified atom stereocenters. The SMILES string of the molecule is CCOc1ccc2c3c(nn2c1)NN(c1ccc(N2CCC4(CC2)CCN4C(=O)O)nc1)C3. The summed E-state index contributed by atoms with van der Waals surface area (Å²) in [6.45, 7) is 5.60. The van der Waals surface area contributed by atoms with Gasteiger partial charge >= 0.3 is 6.09 Å². The number of carbonyl (C=O) groups is 1. The Balaban J connectivity index is 1.12. The Labute approximate surface area is 191 Å². The first-order chi connectivity index (χ1) is 16.1. The highest BCUT2D eigenvalue weighted by molar-refractivity contribution is 5.73. The van der Waals surface area contributed by atoms with Gasteiger partial charge in [0, 0.05) is 25.2 Å². The van der Waals surface area contributed by atoms with Crippen LogP contribution in [-0.4, -0.2) is 62.5 Å². The summed E-state index contributed by atoms with van der Waals surface area (Å²) in [5, 5.41) is 16.1. The van der Waals surface area contributed by atoms with E-state index < -0.39 is 6.09 Å². The van der Waals surface area contributed by atoms with Crippen molar-refractivity contribution in [1.29, 1.82) is 0 Å². The van der Waals surface area contributed by atoms with Crippen LogP contribution in [0.1, 0.15) is 31.7 Å². The van der Waals surface area contributed by atoms with Crippen LogP contribution in [0.4, 0.5) is 22.1 Å². The van der Waals surface area contributed by atoms with Crippen molar-refractivity contribution < 1.29 is 14.6 Å². The van der Waals surface area contributed by atoms with Gasteiger partial charge in [0.05, 0.1) is 42.3 Å². The minimum absolute atomic E-state index is 0.158. The number of hydrogen-bond acceptors (Lipinski definition) is 7. The second-order valence-corrected chi connectivity index (χ2v) is 8.92. The number of anilines is 3. The van der Waals surface area contributed by atoms with Gasteiger partial charge in [-0.25, -0.2) is 14.3 Å². The molecule has 0 aliphatic carbocycles. The first kappa shape index (κ1) is 20.0. The van der Waals surface area contributed by atoms with Crippen molar-refractivity contribution in [2.24, 2.45) is 0 Å². The fraction of sp³-hybridized carbons (Fsp3) is 0.435. The zero-order valence-corrected chi connectivity index (χ0v) is 18.6. The molecule has 2 N–H and O–H groups in total. The molecular weight excluding hydrogens is 422 g/mol. The Morgan fingerprint density at radius 3 is 2.67 bits per heavy atom. The number of fused-ring (bicyclic) bond motifs is 3. The topological polar surface area (TPSA) is 98.5 Å². The van der Waals surface area contributed by atoms with Crippen LogP contribution in [0.25, 0.3) is 5.52 Å². The van der Waals surface area contributed by atoms with Gasteiger partial charge in [0.2, 0.25) is 0 Å². The Morgan fingerprint density at radius 1 is 1.18 bits per heavy atom. The third-order valence-corrected chi connectivity index (χ3v) is 7.24. The molecule has 3 aromatic rings. The molecule has 172 valence electrons. The highest BCUT2D eigenvalue weighted by Gasteiger charge is 2.49. The molecule has 10 heteroatoms. The molecular formula is C23H27N7O3. The molecule has 2 fully saturated rings. The number of nitrogens with one attached hydrogen (secondary N) is 1. The largest absolute Gasteiger partial charge is 0.492 e. The molecule has 10 nitrogen and oxygen atoms in total. The maximum absolute atomic E-state index is 11.4. The van der Waals surface area contributed by atoms with Crippen LogP contribution in [0, 0.1) is 0 Å². The van der Waals surface area contributed by atoms with Gasteiger partial charge in [-0.15, -0.1) is 5.10 Å². The summed E-state index contributed by atoms with van der Waals surface area (Å²) in [6.07, 6.45) is 5.68. The van der Waals surface area contributed by atoms with E-state index in [0.29, 0.717) is 19.7 Å². The summed E-state index contributed by atoms with van der Waals surface area (Å²) in [7, 11) is 0. The lowest BCUT2D eigenvalue weighted by Crippen LogP contribution is -2.65. The molecule has 3 aliphatic rings. The average Bonchev–Trinajstić information content (AvgIpc) is 3.36. The van der Waals surface area contributed by atoms with E-state index in [2.05, 4.69) is 26.5 Å². The molecule has 3 aliphatic heterocycles. The quantitative estimate of drug-likeness (QED) is 0.627. The van der Waals surface area contributed by atoms with Gasteiger partial charge in [-0.1, -0.05) is 0 Å². The second-order valence-electron chi connectivity index (χ2n) is 8.92. The Bertz CT molecular complexity index is 1200. The second kappa shape index (κ2) is 7.43. The van der Waals surface area contributed by atoms with Crippen molar-refractivity contribution in [2.75, 3.05) is 41.6 Å². The van der Waals surface area contributed by atoms with Gasteiger partial charge < -0.3 is 19.6 Å². The molecule has 0 atom stereocenters. The zero-order chi connectivity index (χ0) is 22.6. The van der Waals surface area contributed by atoms with Crippen LogP contribution in [0.15, 0.2) is 36.7 Å². The van der Waals surface area contributed by atoms with Gasteiger partial charge in [-0.3, -0.25) is 10.4 Å². The molecule has 6 heterocycles. The van der Waals surface area contributed by atoms with Crippen LogP contribution >= 0.6 is 0 Å². The summed E-state index contributed by atoms with van der Waals surface area (Å²) >= 11 is 0. The van der Waals surface area contributed by atoms with E-state index in [-0.39, 0.29) is 5.54 Å². The number of aromatic nitrogens is 3. The molecule has 6 rings (SSSR count). The van der Waals surface area contributed by atoms with Crippen LogP contribution in [0.5, 0.6) is 5.75 Å². The smallest absolute Gasteiger partial charge is 0.407 e. The molecule has 33 heavy (non-hydrogen) atoms. The number of hydrogen-bond donors (Lipinski definition) is 2. The van der Waals surface area contributed by atoms with Crippen molar-refractivity contribution >= 4 is 28.9 Å². The van der Waals surface area contributed by atoms with Gasteiger partial charge in [0.15, 0.2) is 5.82 Å². The van der Waals surface area contributed by atoms with E-state index in [0.717, 1.165) is 66.5 Å². The number of amides is 1. The number of pyridine rings is 2. The van der Waals surface area contributed by atoms with Crippen LogP contribution in [0.2, 0.25) is 0 Å². The molecule has 0 radical (unpaired) electrons. The lowest BCUT2D eigenvalue weighted by molar-refractivity contribution is -0.0160. The average molecular weight is 450 g/mol. The summed E-state index contributed by atoms with van der Waals surface area (Å²) in [5.74, 6) is 2.58. The summed E-state index contributed by atoms with van der Waals surface area (Å²) in [6, 6.07) is 8.13. The van der Waals surface area contributed by atoms with Gasteiger partial charge in [-0.2, -0.15) is 0 Å². The highest BCUT2D eigenvalue weighted by Crippen LogP contribution is 2.40. The Hall–Kier alpha value is -3.69. The van der Waals surface area contributed by atoms with Gasteiger partial charge in [-0.05, 0) is 50.5 Å². The molecule has 1 spiro atoms. The van der Waals surface area contributed by atoms with E-state index in [9.17, 15) is 9.90 Å². The highest BCUT2D eigenvalue weighted by atomic mass is 16.5. The molecule has 0 saturated carbocycles. The van der Waals surface area contributed by atoms with Gasteiger partial charge in [0.1, 0.15) is 11.6 Å². The summed E-state index contributed by atoms with van der Waals surface area (Å²) in [5.41, 5.74) is 6.40. The number of nitrogens with zero attached hydrogens (tertiary/aromatic N) is 6. The predicted molar refractivity (Wildman–Crippen MR) is 124 cm³/mol. The first-order valence-corrected chi connectivity index (χ1v) is 11.5. The third-order valence-electron chi connectivity index (χ3n) is 7.24. The van der Waals surface area contributed by atoms with Crippen molar-refractivity contribution in [3.8, 4) is 5.75 Å². The fourth-order valence-corrected chi connectivity index (χ4v) is 5.30. The van der Waals surface area contributed by atoms with Crippen molar-refractivity contribution in [2.45, 2.75) is 38.3 Å². The zero-order valence-electron chi connectivity index (χ0n) is 18.6. The fourth-order valence-electron chi connectivity index (χ4n) is 5.30. The number of hydrazine groups is 1. The monoisotopic (exact) mass is 449 g/mol.